The van der Waals surface area contributed by atoms with Crippen LogP contribution in [0.15, 0.2) is 12.2 Å². The van der Waals surface area contributed by atoms with Crippen molar-refractivity contribution >= 4 is 11.8 Å². The van der Waals surface area contributed by atoms with E-state index in [0.717, 1.165) is 11.8 Å². The van der Waals surface area contributed by atoms with Crippen molar-refractivity contribution in [3.8, 4) is 0 Å². The molecule has 80 valence electrons. The van der Waals surface area contributed by atoms with Crippen molar-refractivity contribution in [1.82, 2.24) is 4.90 Å². The average Bonchev–Trinajstić information content (AvgIpc) is 3.09. The molecule has 0 N–H and O–H groups in total. The first-order chi connectivity index (χ1) is 7.25. The minimum atomic E-state index is -0.119. The Morgan fingerprint density at radius 2 is 1.53 bits per heavy atom. The lowest BCUT2D eigenvalue weighted by atomic mass is 9.97. The summed E-state index contributed by atoms with van der Waals surface area (Å²) in [6.45, 7) is 0.667. The Bertz CT molecular complexity index is 310. The molecule has 0 bridgehead atoms. The molecule has 2 amide bonds. The van der Waals surface area contributed by atoms with Gasteiger partial charge in [0, 0.05) is 18.7 Å². The van der Waals surface area contributed by atoms with E-state index < -0.39 is 0 Å². The van der Waals surface area contributed by atoms with Gasteiger partial charge in [0.05, 0.1) is 0 Å². The van der Waals surface area contributed by atoms with E-state index in [1.54, 1.807) is 0 Å². The van der Waals surface area contributed by atoms with Gasteiger partial charge in [0.25, 0.3) is 11.8 Å². The number of imide groups is 1. The molecular formula is C12H15NO2. The van der Waals surface area contributed by atoms with E-state index in [9.17, 15) is 9.59 Å². The van der Waals surface area contributed by atoms with Crippen molar-refractivity contribution in [3.63, 3.8) is 0 Å². The Kier molecular flexibility index (Phi) is 1.94. The van der Waals surface area contributed by atoms with Gasteiger partial charge in [-0.2, -0.15) is 0 Å². The minimum Gasteiger partial charge on any atom is -0.275 e. The normalized spacial score (nSPS) is 25.8. The molecule has 15 heavy (non-hydrogen) atoms. The fourth-order valence-electron chi connectivity index (χ4n) is 2.55. The fourth-order valence-corrected chi connectivity index (χ4v) is 2.55. The van der Waals surface area contributed by atoms with Crippen LogP contribution in [-0.4, -0.2) is 23.3 Å². The second-order valence-electron chi connectivity index (χ2n) is 4.96. The average molecular weight is 205 g/mol. The van der Waals surface area contributed by atoms with Crippen molar-refractivity contribution < 1.29 is 9.59 Å². The van der Waals surface area contributed by atoms with Gasteiger partial charge >= 0.3 is 0 Å². The van der Waals surface area contributed by atoms with Crippen molar-refractivity contribution in [1.29, 1.82) is 0 Å². The monoisotopic (exact) mass is 205 g/mol. The molecule has 1 heterocycles. The van der Waals surface area contributed by atoms with E-state index in [2.05, 4.69) is 0 Å². The Morgan fingerprint density at radius 1 is 1.07 bits per heavy atom. The molecule has 3 nitrogen and oxygen atoms in total. The van der Waals surface area contributed by atoms with Gasteiger partial charge in [-0.3, -0.25) is 14.5 Å². The molecule has 0 aromatic rings. The number of hydrogen-bond donors (Lipinski definition) is 0. The Morgan fingerprint density at radius 3 is 1.93 bits per heavy atom. The molecule has 0 aromatic carbocycles. The second kappa shape index (κ2) is 3.19. The molecule has 2 saturated carbocycles. The molecule has 0 unspecified atom stereocenters. The van der Waals surface area contributed by atoms with Gasteiger partial charge in [0.1, 0.15) is 0 Å². The highest BCUT2D eigenvalue weighted by molar-refractivity contribution is 6.12. The van der Waals surface area contributed by atoms with Gasteiger partial charge in [-0.1, -0.05) is 0 Å². The number of rotatable bonds is 4. The molecule has 3 aliphatic rings. The van der Waals surface area contributed by atoms with E-state index in [1.807, 2.05) is 0 Å². The van der Waals surface area contributed by atoms with Crippen LogP contribution in [0.1, 0.15) is 25.7 Å². The van der Waals surface area contributed by atoms with Crippen LogP contribution >= 0.6 is 0 Å². The van der Waals surface area contributed by atoms with Crippen LogP contribution in [0.25, 0.3) is 0 Å². The number of amides is 2. The molecule has 3 rings (SSSR count). The summed E-state index contributed by atoms with van der Waals surface area (Å²) in [6.07, 6.45) is 7.96. The topological polar surface area (TPSA) is 37.4 Å². The number of nitrogens with zero attached hydrogens (tertiary/aromatic N) is 1. The smallest absolute Gasteiger partial charge is 0.253 e. The molecule has 3 heteroatoms. The third-order valence-electron chi connectivity index (χ3n) is 3.75. The molecule has 0 saturated heterocycles. The summed E-state index contributed by atoms with van der Waals surface area (Å²) in [5.74, 6) is 1.94. The van der Waals surface area contributed by atoms with Gasteiger partial charge < -0.3 is 0 Å². The fraction of sp³-hybridized carbons (Fsp3) is 0.667. The van der Waals surface area contributed by atoms with Gasteiger partial charge in [0.15, 0.2) is 0 Å². The van der Waals surface area contributed by atoms with E-state index >= 15 is 0 Å². The van der Waals surface area contributed by atoms with Gasteiger partial charge in [0.2, 0.25) is 0 Å². The first-order valence-corrected chi connectivity index (χ1v) is 5.79. The van der Waals surface area contributed by atoms with E-state index in [4.69, 9.17) is 0 Å². The summed E-state index contributed by atoms with van der Waals surface area (Å²) in [7, 11) is 0. The summed E-state index contributed by atoms with van der Waals surface area (Å²) in [5, 5.41) is 0. The number of carbonyl (C=O) groups excluding carboxylic acids is 2. The highest BCUT2D eigenvalue weighted by Gasteiger charge is 2.43. The van der Waals surface area contributed by atoms with E-state index in [1.165, 1.54) is 42.7 Å². The zero-order valence-electron chi connectivity index (χ0n) is 8.69. The second-order valence-corrected chi connectivity index (χ2v) is 4.96. The first-order valence-electron chi connectivity index (χ1n) is 5.79. The number of carbonyl (C=O) groups is 2. The maximum absolute atomic E-state index is 11.4. The Balaban J connectivity index is 1.67. The Labute approximate surface area is 89.1 Å². The molecule has 0 aromatic heterocycles. The third kappa shape index (κ3) is 1.71. The largest absolute Gasteiger partial charge is 0.275 e. The van der Waals surface area contributed by atoms with Gasteiger partial charge in [-0.25, -0.2) is 0 Å². The highest BCUT2D eigenvalue weighted by Crippen LogP contribution is 2.49. The minimum absolute atomic E-state index is 0.119. The zero-order chi connectivity index (χ0) is 10.4. The van der Waals surface area contributed by atoms with E-state index in [-0.39, 0.29) is 11.8 Å². The van der Waals surface area contributed by atoms with Crippen LogP contribution in [0.4, 0.5) is 0 Å². The highest BCUT2D eigenvalue weighted by atomic mass is 16.2. The van der Waals surface area contributed by atoms with Crippen LogP contribution in [0.5, 0.6) is 0 Å². The summed E-state index contributed by atoms with van der Waals surface area (Å²) in [6, 6.07) is 0. The lowest BCUT2D eigenvalue weighted by Crippen LogP contribution is -2.36. The molecule has 2 fully saturated rings. The molecule has 1 aliphatic heterocycles. The van der Waals surface area contributed by atoms with Crippen LogP contribution in [0.3, 0.4) is 0 Å². The van der Waals surface area contributed by atoms with Crippen molar-refractivity contribution in [2.75, 3.05) is 6.54 Å². The first kappa shape index (κ1) is 9.13. The molecule has 0 radical (unpaired) electrons. The summed E-state index contributed by atoms with van der Waals surface area (Å²) in [4.78, 5) is 24.3. The molecule has 0 spiro atoms. The standard InChI is InChI=1S/C12H15NO2/c14-11-5-6-12(15)13(11)7-10(8-1-2-8)9-3-4-9/h5-6,8-10H,1-4,7H2. The summed E-state index contributed by atoms with van der Waals surface area (Å²) >= 11 is 0. The van der Waals surface area contributed by atoms with E-state index in [0.29, 0.717) is 12.5 Å². The van der Waals surface area contributed by atoms with Crippen molar-refractivity contribution in [3.05, 3.63) is 12.2 Å². The summed E-state index contributed by atoms with van der Waals surface area (Å²) < 4.78 is 0. The maximum Gasteiger partial charge on any atom is 0.253 e. The SMILES string of the molecule is O=C1C=CC(=O)N1CC(C1CC1)C1CC1. The zero-order valence-corrected chi connectivity index (χ0v) is 8.69. The van der Waals surface area contributed by atoms with Crippen LogP contribution in [-0.2, 0) is 9.59 Å². The maximum atomic E-state index is 11.4. The third-order valence-corrected chi connectivity index (χ3v) is 3.75. The quantitative estimate of drug-likeness (QED) is 0.650. The lowest BCUT2D eigenvalue weighted by molar-refractivity contribution is -0.137. The van der Waals surface area contributed by atoms with Crippen LogP contribution in [0.2, 0.25) is 0 Å². The van der Waals surface area contributed by atoms with Gasteiger partial charge in [-0.05, 0) is 43.4 Å². The molecular weight excluding hydrogens is 190 g/mol. The molecule has 2 aliphatic carbocycles. The Hall–Kier alpha value is -1.12. The lowest BCUT2D eigenvalue weighted by Gasteiger charge is -2.22. The van der Waals surface area contributed by atoms with Crippen molar-refractivity contribution in [2.45, 2.75) is 25.7 Å². The van der Waals surface area contributed by atoms with Crippen molar-refractivity contribution in [2.24, 2.45) is 17.8 Å². The summed E-state index contributed by atoms with van der Waals surface area (Å²) in [5.41, 5.74) is 0. The van der Waals surface area contributed by atoms with Gasteiger partial charge in [-0.15, -0.1) is 0 Å². The van der Waals surface area contributed by atoms with Crippen LogP contribution in [0, 0.1) is 17.8 Å². The molecule has 0 atom stereocenters. The predicted octanol–water partition coefficient (Wildman–Crippen LogP) is 1.35. The van der Waals surface area contributed by atoms with Crippen LogP contribution < -0.4 is 0 Å². The predicted molar refractivity (Wildman–Crippen MR) is 54.8 cm³/mol. The number of hydrogen-bond acceptors (Lipinski definition) is 2.